The molecule has 2 heterocycles. The van der Waals surface area contributed by atoms with Gasteiger partial charge in [0.1, 0.15) is 11.9 Å². The highest BCUT2D eigenvalue weighted by Crippen LogP contribution is 2.25. The van der Waals surface area contributed by atoms with E-state index in [0.29, 0.717) is 37.1 Å². The third-order valence-corrected chi connectivity index (χ3v) is 8.30. The van der Waals surface area contributed by atoms with Crippen LogP contribution in [-0.2, 0) is 14.8 Å². The van der Waals surface area contributed by atoms with E-state index in [1.165, 1.54) is 6.07 Å². The summed E-state index contributed by atoms with van der Waals surface area (Å²) < 4.78 is 27.5. The second-order valence-electron chi connectivity index (χ2n) is 9.30. The average Bonchev–Trinajstić information content (AvgIpc) is 3.12. The fraction of sp³-hybridized carbons (Fsp3) is 0.423. The molecule has 1 saturated heterocycles. The van der Waals surface area contributed by atoms with Crippen LogP contribution in [-0.4, -0.2) is 56.1 Å². The Morgan fingerprint density at radius 3 is 2.46 bits per heavy atom. The molecule has 186 valence electrons. The molecule has 2 aromatic rings. The predicted molar refractivity (Wildman–Crippen MR) is 135 cm³/mol. The van der Waals surface area contributed by atoms with Crippen molar-refractivity contribution >= 4 is 27.7 Å². The highest BCUT2D eigenvalue weighted by Gasteiger charge is 2.35. The van der Waals surface area contributed by atoms with Gasteiger partial charge in [-0.2, -0.15) is 0 Å². The van der Waals surface area contributed by atoms with Crippen molar-refractivity contribution in [3.05, 3.63) is 65.2 Å². The molecule has 35 heavy (non-hydrogen) atoms. The number of nitrogens with one attached hydrogen (secondary N) is 2. The number of amides is 2. The van der Waals surface area contributed by atoms with Crippen LogP contribution in [0.15, 0.2) is 58.4 Å². The summed E-state index contributed by atoms with van der Waals surface area (Å²) >= 11 is 0. The van der Waals surface area contributed by atoms with Crippen LogP contribution in [0.4, 0.5) is 0 Å². The molecular weight excluding hydrogens is 464 g/mol. The SMILES string of the molecule is CC[C@H](C)[C@H](N=C1NS(=O)(=O)c2ccccc21)C(=O)N1CCC(NC(=O)c2ccccc2C)CC1. The van der Waals surface area contributed by atoms with Crippen molar-refractivity contribution in [1.82, 2.24) is 14.9 Å². The fourth-order valence-corrected chi connectivity index (χ4v) is 5.78. The number of nitrogens with zero attached hydrogens (tertiary/aromatic N) is 2. The van der Waals surface area contributed by atoms with Crippen molar-refractivity contribution < 1.29 is 18.0 Å². The summed E-state index contributed by atoms with van der Waals surface area (Å²) in [6, 6.07) is 13.4. The third-order valence-electron chi connectivity index (χ3n) is 6.90. The Morgan fingerprint density at radius 1 is 1.11 bits per heavy atom. The fourth-order valence-electron chi connectivity index (χ4n) is 4.54. The Morgan fingerprint density at radius 2 is 1.77 bits per heavy atom. The number of fused-ring (bicyclic) bond motifs is 1. The maximum absolute atomic E-state index is 13.5. The van der Waals surface area contributed by atoms with Gasteiger partial charge in [0.05, 0.1) is 4.90 Å². The minimum Gasteiger partial charge on any atom is -0.349 e. The summed E-state index contributed by atoms with van der Waals surface area (Å²) in [4.78, 5) is 32.8. The van der Waals surface area contributed by atoms with Crippen molar-refractivity contribution in [2.75, 3.05) is 13.1 Å². The van der Waals surface area contributed by atoms with Crippen molar-refractivity contribution in [1.29, 1.82) is 0 Å². The quantitative estimate of drug-likeness (QED) is 0.641. The number of hydrogen-bond donors (Lipinski definition) is 2. The van der Waals surface area contributed by atoms with E-state index in [0.717, 1.165) is 12.0 Å². The molecule has 1 fully saturated rings. The van der Waals surface area contributed by atoms with E-state index in [4.69, 9.17) is 0 Å². The van der Waals surface area contributed by atoms with E-state index < -0.39 is 16.1 Å². The number of aryl methyl sites for hydroxylation is 1. The zero-order valence-corrected chi connectivity index (χ0v) is 21.1. The van der Waals surface area contributed by atoms with Crippen LogP contribution in [0.3, 0.4) is 0 Å². The number of carbonyl (C=O) groups is 2. The van der Waals surface area contributed by atoms with Gasteiger partial charge in [-0.25, -0.2) is 8.42 Å². The second-order valence-corrected chi connectivity index (χ2v) is 10.9. The second kappa shape index (κ2) is 10.2. The lowest BCUT2D eigenvalue weighted by atomic mass is 9.96. The maximum Gasteiger partial charge on any atom is 0.263 e. The molecule has 2 aliphatic rings. The summed E-state index contributed by atoms with van der Waals surface area (Å²) in [6.07, 6.45) is 2.04. The molecule has 0 unspecified atom stereocenters. The molecular formula is C26H32N4O4S. The van der Waals surface area contributed by atoms with Crippen molar-refractivity contribution in [2.45, 2.75) is 57.0 Å². The van der Waals surface area contributed by atoms with Gasteiger partial charge in [0.2, 0.25) is 5.91 Å². The Balaban J connectivity index is 1.45. The van der Waals surface area contributed by atoms with Gasteiger partial charge in [-0.1, -0.05) is 50.6 Å². The lowest BCUT2D eigenvalue weighted by molar-refractivity contribution is -0.134. The highest BCUT2D eigenvalue weighted by atomic mass is 32.2. The minimum atomic E-state index is -3.67. The first kappa shape index (κ1) is 24.9. The van der Waals surface area contributed by atoms with Crippen LogP contribution in [0.5, 0.6) is 0 Å². The number of likely N-dealkylation sites (tertiary alicyclic amines) is 1. The Labute approximate surface area is 206 Å². The number of hydrogen-bond acceptors (Lipinski definition) is 5. The largest absolute Gasteiger partial charge is 0.349 e. The smallest absolute Gasteiger partial charge is 0.263 e. The molecule has 2 aromatic carbocycles. The van der Waals surface area contributed by atoms with Crippen molar-refractivity contribution in [3.63, 3.8) is 0 Å². The number of sulfonamides is 1. The standard InChI is InChI=1S/C26H32N4O4S/c1-4-17(2)23(28-24-21-11-7-8-12-22(21)35(33,34)29-24)26(32)30-15-13-19(14-16-30)27-25(31)20-10-6-5-9-18(20)3/h5-12,17,19,23H,4,13-16H2,1-3H3,(H,27,31)(H,28,29)/t17-,23-/m0/s1. The molecule has 0 saturated carbocycles. The number of piperidine rings is 1. The summed E-state index contributed by atoms with van der Waals surface area (Å²) in [6.45, 7) is 6.88. The number of aliphatic imine (C=N–C) groups is 1. The van der Waals surface area contributed by atoms with Gasteiger partial charge in [0.15, 0.2) is 0 Å². The van der Waals surface area contributed by atoms with Gasteiger partial charge in [-0.05, 0) is 49.4 Å². The number of benzene rings is 2. The zero-order chi connectivity index (χ0) is 25.2. The van der Waals surface area contributed by atoms with Crippen molar-refractivity contribution in [2.24, 2.45) is 10.9 Å². The number of rotatable bonds is 6. The third kappa shape index (κ3) is 5.24. The molecule has 2 N–H and O–H groups in total. The summed E-state index contributed by atoms with van der Waals surface area (Å²) in [5.41, 5.74) is 2.08. The van der Waals surface area contributed by atoms with Crippen LogP contribution in [0.2, 0.25) is 0 Å². The van der Waals surface area contributed by atoms with E-state index in [9.17, 15) is 18.0 Å². The molecule has 0 radical (unpaired) electrons. The minimum absolute atomic E-state index is 0.00645. The first-order valence-electron chi connectivity index (χ1n) is 12.1. The Hall–Kier alpha value is -3.20. The first-order chi connectivity index (χ1) is 16.7. The zero-order valence-electron chi connectivity index (χ0n) is 20.3. The van der Waals surface area contributed by atoms with E-state index in [1.54, 1.807) is 23.1 Å². The summed E-state index contributed by atoms with van der Waals surface area (Å²) in [7, 11) is -3.67. The summed E-state index contributed by atoms with van der Waals surface area (Å²) in [5.74, 6) is -0.0478. The molecule has 0 bridgehead atoms. The van der Waals surface area contributed by atoms with Crippen LogP contribution in [0.25, 0.3) is 0 Å². The first-order valence-corrected chi connectivity index (χ1v) is 13.5. The van der Waals surface area contributed by atoms with Gasteiger partial charge in [-0.15, -0.1) is 0 Å². The van der Waals surface area contributed by atoms with Gasteiger partial charge in [-0.3, -0.25) is 19.3 Å². The van der Waals surface area contributed by atoms with Crippen LogP contribution in [0.1, 0.15) is 54.6 Å². The molecule has 2 atom stereocenters. The summed E-state index contributed by atoms with van der Waals surface area (Å²) in [5, 5.41) is 3.10. The highest BCUT2D eigenvalue weighted by molar-refractivity contribution is 7.90. The molecule has 0 spiro atoms. The lowest BCUT2D eigenvalue weighted by Crippen LogP contribution is -2.50. The van der Waals surface area contributed by atoms with Crippen LogP contribution in [0, 0.1) is 12.8 Å². The van der Waals surface area contributed by atoms with Gasteiger partial charge in [0, 0.05) is 30.3 Å². The average molecular weight is 497 g/mol. The van der Waals surface area contributed by atoms with Crippen LogP contribution < -0.4 is 10.0 Å². The van der Waals surface area contributed by atoms with Crippen LogP contribution >= 0.6 is 0 Å². The van der Waals surface area contributed by atoms with E-state index in [2.05, 4.69) is 15.0 Å². The molecule has 0 aliphatic carbocycles. The Bertz CT molecular complexity index is 1250. The molecule has 4 rings (SSSR count). The monoisotopic (exact) mass is 496 g/mol. The van der Waals surface area contributed by atoms with E-state index >= 15 is 0 Å². The van der Waals surface area contributed by atoms with Gasteiger partial charge < -0.3 is 10.2 Å². The lowest BCUT2D eigenvalue weighted by Gasteiger charge is -2.35. The molecule has 9 heteroatoms. The van der Waals surface area contributed by atoms with E-state index in [1.807, 2.05) is 45.0 Å². The normalized spacial score (nSPS) is 20.1. The molecule has 0 aromatic heterocycles. The van der Waals surface area contributed by atoms with Gasteiger partial charge >= 0.3 is 0 Å². The topological polar surface area (TPSA) is 108 Å². The number of carbonyl (C=O) groups excluding carboxylic acids is 2. The van der Waals surface area contributed by atoms with Crippen molar-refractivity contribution in [3.8, 4) is 0 Å². The Kier molecular flexibility index (Phi) is 7.25. The van der Waals surface area contributed by atoms with E-state index in [-0.39, 0.29) is 34.5 Å². The molecule has 2 aliphatic heterocycles. The molecule has 8 nitrogen and oxygen atoms in total. The number of amidine groups is 1. The maximum atomic E-state index is 13.5. The van der Waals surface area contributed by atoms with Gasteiger partial charge in [0.25, 0.3) is 15.9 Å². The predicted octanol–water partition coefficient (Wildman–Crippen LogP) is 2.87. The molecule has 2 amide bonds.